The van der Waals surface area contributed by atoms with Gasteiger partial charge in [-0.05, 0) is 112 Å². The largest absolute Gasteiger partial charge is 0.311 e. The fourth-order valence-corrected chi connectivity index (χ4v) is 4.92. The summed E-state index contributed by atoms with van der Waals surface area (Å²) in [5.74, 6) is 0. The lowest BCUT2D eigenvalue weighted by molar-refractivity contribution is 0.795. The lowest BCUT2D eigenvalue weighted by Gasteiger charge is -2.28. The van der Waals surface area contributed by atoms with Crippen molar-refractivity contribution in [2.24, 2.45) is 0 Å². The molecule has 0 aliphatic carbocycles. The molecule has 0 saturated carbocycles. The average Bonchev–Trinajstić information content (AvgIpc) is 2.97. The minimum absolute atomic E-state index is 1.13. The lowest BCUT2D eigenvalue weighted by atomic mass is 10.1. The first-order chi connectivity index (χ1) is 19.0. The molecule has 5 aromatic carbocycles. The number of aryl methyl sites for hydroxylation is 4. The molecule has 0 aliphatic heterocycles. The van der Waals surface area contributed by atoms with E-state index in [2.05, 4.69) is 159 Å². The molecule has 39 heavy (non-hydrogen) atoms. The number of hydrogen-bond donors (Lipinski definition) is 0. The van der Waals surface area contributed by atoms with Crippen LogP contribution in [0.25, 0.3) is 0 Å². The van der Waals surface area contributed by atoms with Crippen LogP contribution in [0.2, 0.25) is 0 Å². The van der Waals surface area contributed by atoms with Gasteiger partial charge in [0.25, 0.3) is 0 Å². The maximum atomic E-state index is 2.34. The number of unbranched alkanes of at least 4 members (excludes halogenated alkanes) is 1. The molecule has 0 spiro atoms. The van der Waals surface area contributed by atoms with Crippen molar-refractivity contribution in [3.63, 3.8) is 0 Å². The summed E-state index contributed by atoms with van der Waals surface area (Å²) in [6, 6.07) is 44.2. The van der Waals surface area contributed by atoms with Crippen LogP contribution in [0.4, 0.5) is 34.1 Å². The Balaban J connectivity index is 1.53. The highest BCUT2D eigenvalue weighted by Crippen LogP contribution is 2.39. The predicted octanol–water partition coefficient (Wildman–Crippen LogP) is 10.9. The first-order valence-electron chi connectivity index (χ1n) is 14.0. The van der Waals surface area contributed by atoms with Crippen LogP contribution in [0, 0.1) is 20.8 Å². The van der Waals surface area contributed by atoms with Crippen LogP contribution in [0.3, 0.4) is 0 Å². The molecule has 0 unspecified atom stereocenters. The molecule has 0 atom stereocenters. The van der Waals surface area contributed by atoms with Crippen molar-refractivity contribution < 1.29 is 0 Å². The Hall–Kier alpha value is -4.30. The van der Waals surface area contributed by atoms with Crippen LogP contribution in [-0.2, 0) is 6.42 Å². The van der Waals surface area contributed by atoms with Gasteiger partial charge in [0.15, 0.2) is 0 Å². The van der Waals surface area contributed by atoms with Gasteiger partial charge in [-0.15, -0.1) is 0 Å². The van der Waals surface area contributed by atoms with Crippen LogP contribution in [-0.4, -0.2) is 0 Å². The first-order valence-corrected chi connectivity index (χ1v) is 14.0. The minimum atomic E-state index is 1.13. The Bertz CT molecular complexity index is 1420. The predicted molar refractivity (Wildman–Crippen MR) is 169 cm³/mol. The van der Waals surface area contributed by atoms with E-state index in [1.165, 1.54) is 40.8 Å². The Kier molecular flexibility index (Phi) is 8.13. The zero-order chi connectivity index (χ0) is 27.2. The van der Waals surface area contributed by atoms with Gasteiger partial charge in [-0.2, -0.15) is 0 Å². The van der Waals surface area contributed by atoms with Crippen molar-refractivity contribution in [2.75, 3.05) is 9.80 Å². The molecular formula is C37H38N2. The smallest absolute Gasteiger partial charge is 0.0463 e. The quantitative estimate of drug-likeness (QED) is 0.194. The van der Waals surface area contributed by atoms with E-state index in [0.29, 0.717) is 0 Å². The fraction of sp³-hybridized carbons (Fsp3) is 0.189. The van der Waals surface area contributed by atoms with E-state index in [-0.39, 0.29) is 0 Å². The van der Waals surface area contributed by atoms with E-state index in [4.69, 9.17) is 0 Å². The lowest BCUT2D eigenvalue weighted by Crippen LogP contribution is -2.12. The molecule has 196 valence electrons. The van der Waals surface area contributed by atoms with Gasteiger partial charge < -0.3 is 9.80 Å². The van der Waals surface area contributed by atoms with Crippen molar-refractivity contribution in [2.45, 2.75) is 47.0 Å². The van der Waals surface area contributed by atoms with Gasteiger partial charge >= 0.3 is 0 Å². The molecule has 5 rings (SSSR count). The van der Waals surface area contributed by atoms with E-state index < -0.39 is 0 Å². The molecule has 0 bridgehead atoms. The second kappa shape index (κ2) is 12.0. The molecule has 0 aliphatic rings. The van der Waals surface area contributed by atoms with Crippen LogP contribution in [0.5, 0.6) is 0 Å². The molecule has 0 amide bonds. The van der Waals surface area contributed by atoms with E-state index in [1.54, 1.807) is 0 Å². The van der Waals surface area contributed by atoms with Gasteiger partial charge in [0, 0.05) is 34.1 Å². The van der Waals surface area contributed by atoms with Crippen LogP contribution < -0.4 is 9.80 Å². The van der Waals surface area contributed by atoms with Crippen LogP contribution in [0.1, 0.15) is 42.0 Å². The van der Waals surface area contributed by atoms with E-state index in [9.17, 15) is 0 Å². The van der Waals surface area contributed by atoms with Crippen molar-refractivity contribution in [3.8, 4) is 0 Å². The Morgan fingerprint density at radius 3 is 0.923 bits per heavy atom. The molecule has 0 aromatic heterocycles. The SMILES string of the molecule is CCCCc1ccc(N(c2ccc(C)cc2)c2ccc(N(c3ccc(C)cc3)c3ccc(C)cc3)cc2)cc1. The number of benzene rings is 5. The van der Waals surface area contributed by atoms with Gasteiger partial charge in [0.1, 0.15) is 0 Å². The van der Waals surface area contributed by atoms with Gasteiger partial charge in [-0.25, -0.2) is 0 Å². The van der Waals surface area contributed by atoms with Crippen molar-refractivity contribution >= 4 is 34.1 Å². The summed E-state index contributed by atoms with van der Waals surface area (Å²) in [4.78, 5) is 4.66. The third-order valence-corrected chi connectivity index (χ3v) is 7.26. The Morgan fingerprint density at radius 2 is 0.641 bits per heavy atom. The molecule has 2 nitrogen and oxygen atoms in total. The topological polar surface area (TPSA) is 6.48 Å². The number of rotatable bonds is 9. The molecule has 5 aromatic rings. The van der Waals surface area contributed by atoms with E-state index in [0.717, 1.165) is 34.9 Å². The second-order valence-electron chi connectivity index (χ2n) is 10.5. The van der Waals surface area contributed by atoms with Crippen molar-refractivity contribution in [3.05, 3.63) is 144 Å². The third kappa shape index (κ3) is 6.23. The number of anilines is 6. The number of hydrogen-bond acceptors (Lipinski definition) is 2. The standard InChI is InChI=1S/C37H38N2/c1-5-6-7-31-14-22-35(23-15-31)39(34-20-12-30(4)13-21-34)37-26-24-36(25-27-37)38(32-16-8-28(2)9-17-32)33-18-10-29(3)11-19-33/h8-27H,5-7H2,1-4H3. The first kappa shape index (κ1) is 26.3. The average molecular weight is 511 g/mol. The summed E-state index contributed by atoms with van der Waals surface area (Å²) in [7, 11) is 0. The highest BCUT2D eigenvalue weighted by atomic mass is 15.2. The summed E-state index contributed by atoms with van der Waals surface area (Å²) >= 11 is 0. The molecule has 0 heterocycles. The Morgan fingerprint density at radius 1 is 0.385 bits per heavy atom. The Labute approximate surface area is 234 Å². The minimum Gasteiger partial charge on any atom is -0.311 e. The fourth-order valence-electron chi connectivity index (χ4n) is 4.92. The van der Waals surface area contributed by atoms with Crippen molar-refractivity contribution in [1.29, 1.82) is 0 Å². The molecule has 0 fully saturated rings. The van der Waals surface area contributed by atoms with Gasteiger partial charge in [-0.1, -0.05) is 78.6 Å². The molecule has 0 radical (unpaired) electrons. The second-order valence-corrected chi connectivity index (χ2v) is 10.5. The van der Waals surface area contributed by atoms with Crippen LogP contribution >= 0.6 is 0 Å². The van der Waals surface area contributed by atoms with E-state index >= 15 is 0 Å². The maximum absolute atomic E-state index is 2.34. The normalized spacial score (nSPS) is 10.9. The van der Waals surface area contributed by atoms with Gasteiger partial charge in [0.2, 0.25) is 0 Å². The monoisotopic (exact) mass is 510 g/mol. The molecule has 2 heteroatoms. The van der Waals surface area contributed by atoms with Gasteiger partial charge in [0.05, 0.1) is 0 Å². The highest BCUT2D eigenvalue weighted by molar-refractivity contribution is 5.81. The zero-order valence-electron chi connectivity index (χ0n) is 23.6. The molecular weight excluding hydrogens is 472 g/mol. The molecule has 0 saturated heterocycles. The number of nitrogens with zero attached hydrogens (tertiary/aromatic N) is 2. The summed E-state index contributed by atoms with van der Waals surface area (Å²) in [5.41, 5.74) is 12.1. The summed E-state index contributed by atoms with van der Waals surface area (Å²) in [6.45, 7) is 8.64. The maximum Gasteiger partial charge on any atom is 0.0463 e. The summed E-state index contributed by atoms with van der Waals surface area (Å²) in [5, 5.41) is 0. The van der Waals surface area contributed by atoms with Crippen LogP contribution in [0.15, 0.2) is 121 Å². The van der Waals surface area contributed by atoms with Gasteiger partial charge in [-0.3, -0.25) is 0 Å². The third-order valence-electron chi connectivity index (χ3n) is 7.26. The summed E-state index contributed by atoms with van der Waals surface area (Å²) in [6.07, 6.45) is 3.57. The van der Waals surface area contributed by atoms with E-state index in [1.807, 2.05) is 0 Å². The zero-order valence-corrected chi connectivity index (χ0v) is 23.6. The van der Waals surface area contributed by atoms with Crippen molar-refractivity contribution in [1.82, 2.24) is 0 Å². The summed E-state index contributed by atoms with van der Waals surface area (Å²) < 4.78 is 0. The molecule has 0 N–H and O–H groups in total. The highest BCUT2D eigenvalue weighted by Gasteiger charge is 2.16.